The Bertz CT molecular complexity index is 1420. The SMILES string of the molecule is COC(=O)c1ccccc1-c1cc(COC2OCc3cc4ccccc4nc32)cc2c1OCO2. The zero-order valence-corrected chi connectivity index (χ0v) is 18.4. The highest BCUT2D eigenvalue weighted by Gasteiger charge is 2.28. The van der Waals surface area contributed by atoms with Crippen LogP contribution in [0.1, 0.15) is 33.5 Å². The molecular weight excluding hydrogens is 434 g/mol. The Balaban J connectivity index is 1.31. The van der Waals surface area contributed by atoms with Crippen LogP contribution in [-0.4, -0.2) is 24.9 Å². The van der Waals surface area contributed by atoms with Gasteiger partial charge in [-0.3, -0.25) is 0 Å². The van der Waals surface area contributed by atoms with Gasteiger partial charge in [0.1, 0.15) is 5.69 Å². The lowest BCUT2D eigenvalue weighted by Gasteiger charge is -2.15. The lowest BCUT2D eigenvalue weighted by molar-refractivity contribution is -0.147. The number of ether oxygens (including phenoxy) is 5. The highest BCUT2D eigenvalue weighted by molar-refractivity contribution is 5.98. The first-order chi connectivity index (χ1) is 16.7. The van der Waals surface area contributed by atoms with Gasteiger partial charge in [-0.15, -0.1) is 0 Å². The van der Waals surface area contributed by atoms with Gasteiger partial charge >= 0.3 is 5.97 Å². The molecule has 3 aromatic carbocycles. The van der Waals surface area contributed by atoms with Crippen molar-refractivity contribution in [1.82, 2.24) is 4.98 Å². The largest absolute Gasteiger partial charge is 0.465 e. The monoisotopic (exact) mass is 455 g/mol. The van der Waals surface area contributed by atoms with E-state index in [1.165, 1.54) is 7.11 Å². The van der Waals surface area contributed by atoms with Gasteiger partial charge in [0.05, 0.1) is 31.4 Å². The Morgan fingerprint density at radius 1 is 1.03 bits per heavy atom. The minimum atomic E-state index is -0.559. The predicted octanol–water partition coefficient (Wildman–Crippen LogP) is 5.16. The number of methoxy groups -OCH3 is 1. The maximum atomic E-state index is 12.4. The molecule has 0 fully saturated rings. The van der Waals surface area contributed by atoms with Crippen molar-refractivity contribution in [1.29, 1.82) is 0 Å². The Labute approximate surface area is 195 Å². The van der Waals surface area contributed by atoms with Crippen LogP contribution in [0.2, 0.25) is 0 Å². The third kappa shape index (κ3) is 3.55. The molecule has 1 unspecified atom stereocenters. The molecule has 0 amide bonds. The lowest BCUT2D eigenvalue weighted by Crippen LogP contribution is -2.06. The van der Waals surface area contributed by atoms with E-state index in [9.17, 15) is 4.79 Å². The number of rotatable bonds is 5. The van der Waals surface area contributed by atoms with Crippen LogP contribution in [0.25, 0.3) is 22.0 Å². The van der Waals surface area contributed by atoms with Crippen molar-refractivity contribution in [2.75, 3.05) is 13.9 Å². The number of carbonyl (C=O) groups excluding carboxylic acids is 1. The third-order valence-electron chi connectivity index (χ3n) is 6.01. The smallest absolute Gasteiger partial charge is 0.338 e. The highest BCUT2D eigenvalue weighted by Crippen LogP contribution is 2.44. The van der Waals surface area contributed by atoms with Gasteiger partial charge in [-0.25, -0.2) is 9.78 Å². The van der Waals surface area contributed by atoms with Crippen LogP contribution in [-0.2, 0) is 27.4 Å². The molecule has 34 heavy (non-hydrogen) atoms. The van der Waals surface area contributed by atoms with Gasteiger partial charge in [-0.1, -0.05) is 36.4 Å². The van der Waals surface area contributed by atoms with E-state index in [2.05, 4.69) is 6.07 Å². The minimum absolute atomic E-state index is 0.114. The van der Waals surface area contributed by atoms with E-state index in [-0.39, 0.29) is 13.4 Å². The van der Waals surface area contributed by atoms with Gasteiger partial charge in [-0.2, -0.15) is 0 Å². The number of benzene rings is 3. The summed E-state index contributed by atoms with van der Waals surface area (Å²) in [5, 5.41) is 1.08. The first kappa shape index (κ1) is 20.7. The number of hydrogen-bond donors (Lipinski definition) is 0. The Morgan fingerprint density at radius 2 is 1.88 bits per heavy atom. The van der Waals surface area contributed by atoms with Gasteiger partial charge in [0.25, 0.3) is 0 Å². The summed E-state index contributed by atoms with van der Waals surface area (Å²) in [5.41, 5.74) is 5.49. The zero-order valence-electron chi connectivity index (χ0n) is 18.4. The fourth-order valence-electron chi connectivity index (χ4n) is 4.39. The molecule has 0 N–H and O–H groups in total. The van der Waals surface area contributed by atoms with Gasteiger partial charge in [0, 0.05) is 22.1 Å². The first-order valence-electron chi connectivity index (χ1n) is 10.9. The van der Waals surface area contributed by atoms with Crippen molar-refractivity contribution >= 4 is 16.9 Å². The van der Waals surface area contributed by atoms with E-state index < -0.39 is 12.3 Å². The second-order valence-corrected chi connectivity index (χ2v) is 8.09. The molecule has 0 bridgehead atoms. The number of nitrogens with zero attached hydrogens (tertiary/aromatic N) is 1. The first-order valence-corrected chi connectivity index (χ1v) is 10.9. The van der Waals surface area contributed by atoms with Gasteiger partial charge in [0.15, 0.2) is 11.5 Å². The Hall–Kier alpha value is -3.94. The van der Waals surface area contributed by atoms with E-state index in [0.29, 0.717) is 29.2 Å². The van der Waals surface area contributed by atoms with Crippen LogP contribution in [0.15, 0.2) is 66.7 Å². The molecule has 7 nitrogen and oxygen atoms in total. The van der Waals surface area contributed by atoms with Crippen LogP contribution < -0.4 is 9.47 Å². The maximum Gasteiger partial charge on any atom is 0.338 e. The standard InChI is InChI=1S/C27H21NO6/c1-30-26(29)20-8-4-3-7-19(20)21-10-16(11-23-25(21)34-15-33-23)13-31-27-24-18(14-32-27)12-17-6-2-5-9-22(17)28-24/h2-12,27H,13-15H2,1H3. The van der Waals surface area contributed by atoms with Crippen LogP contribution in [0.4, 0.5) is 0 Å². The molecule has 1 aromatic heterocycles. The Morgan fingerprint density at radius 3 is 2.79 bits per heavy atom. The molecule has 170 valence electrons. The van der Waals surface area contributed by atoms with Crippen molar-refractivity contribution in [2.45, 2.75) is 19.5 Å². The fraction of sp³-hybridized carbons (Fsp3) is 0.185. The van der Waals surface area contributed by atoms with E-state index in [1.54, 1.807) is 12.1 Å². The summed E-state index contributed by atoms with van der Waals surface area (Å²) in [6, 6.07) is 21.2. The number of esters is 1. The molecule has 0 radical (unpaired) electrons. The Kier molecular flexibility index (Phi) is 5.13. The number of para-hydroxylation sites is 1. The third-order valence-corrected chi connectivity index (χ3v) is 6.01. The average molecular weight is 455 g/mol. The molecule has 0 aliphatic carbocycles. The molecule has 0 saturated heterocycles. The van der Waals surface area contributed by atoms with Gasteiger partial charge in [-0.05, 0) is 35.9 Å². The minimum Gasteiger partial charge on any atom is -0.465 e. The predicted molar refractivity (Wildman–Crippen MR) is 123 cm³/mol. The van der Waals surface area contributed by atoms with Crippen molar-refractivity contribution in [3.8, 4) is 22.6 Å². The van der Waals surface area contributed by atoms with E-state index in [0.717, 1.165) is 33.3 Å². The van der Waals surface area contributed by atoms with E-state index >= 15 is 0 Å². The molecule has 0 saturated carbocycles. The summed E-state index contributed by atoms with van der Waals surface area (Å²) in [4.78, 5) is 17.1. The molecule has 7 heteroatoms. The summed E-state index contributed by atoms with van der Waals surface area (Å²) >= 11 is 0. The molecule has 2 aliphatic heterocycles. The van der Waals surface area contributed by atoms with Gasteiger partial charge in [0.2, 0.25) is 13.1 Å². The van der Waals surface area contributed by atoms with Crippen molar-refractivity contribution in [3.05, 3.63) is 89.1 Å². The van der Waals surface area contributed by atoms with Crippen LogP contribution in [0, 0.1) is 0 Å². The summed E-state index contributed by atoms with van der Waals surface area (Å²) < 4.78 is 28.4. The van der Waals surface area contributed by atoms with Gasteiger partial charge < -0.3 is 23.7 Å². The second-order valence-electron chi connectivity index (χ2n) is 8.09. The molecule has 3 heterocycles. The quantitative estimate of drug-likeness (QED) is 0.385. The molecule has 2 aliphatic rings. The van der Waals surface area contributed by atoms with Crippen LogP contribution in [0.3, 0.4) is 0 Å². The molecule has 6 rings (SSSR count). The second kappa shape index (κ2) is 8.44. The van der Waals surface area contributed by atoms with E-state index in [1.807, 2.05) is 48.5 Å². The van der Waals surface area contributed by atoms with Crippen LogP contribution in [0.5, 0.6) is 11.5 Å². The van der Waals surface area contributed by atoms with Crippen molar-refractivity contribution in [2.24, 2.45) is 0 Å². The molecular formula is C27H21NO6. The van der Waals surface area contributed by atoms with Crippen LogP contribution >= 0.6 is 0 Å². The summed E-state index contributed by atoms with van der Waals surface area (Å²) in [5.74, 6) is 0.780. The average Bonchev–Trinajstić information content (AvgIpc) is 3.51. The summed E-state index contributed by atoms with van der Waals surface area (Å²) in [7, 11) is 1.37. The van der Waals surface area contributed by atoms with Crippen molar-refractivity contribution < 1.29 is 28.5 Å². The number of fused-ring (bicyclic) bond motifs is 3. The molecule has 1 atom stereocenters. The fourth-order valence-corrected chi connectivity index (χ4v) is 4.39. The van der Waals surface area contributed by atoms with E-state index in [4.69, 9.17) is 28.7 Å². The number of pyridine rings is 1. The number of aromatic nitrogens is 1. The topological polar surface area (TPSA) is 76.1 Å². The number of carbonyl (C=O) groups is 1. The maximum absolute atomic E-state index is 12.4. The molecule has 0 spiro atoms. The lowest BCUT2D eigenvalue weighted by atomic mass is 9.96. The number of hydrogen-bond acceptors (Lipinski definition) is 7. The zero-order chi connectivity index (χ0) is 23.1. The summed E-state index contributed by atoms with van der Waals surface area (Å²) in [6.07, 6.45) is -0.559. The summed E-state index contributed by atoms with van der Waals surface area (Å²) in [6.45, 7) is 0.836. The highest BCUT2D eigenvalue weighted by atomic mass is 16.7. The normalized spacial score (nSPS) is 16.0. The van der Waals surface area contributed by atoms with Crippen molar-refractivity contribution in [3.63, 3.8) is 0 Å². The molecule has 4 aromatic rings.